The highest BCUT2D eigenvalue weighted by atomic mass is 16.4. The standard InChI is InChI=1S/C14H16N4O3/c1-2-8-16-14(15)18-11(9-12(19)20)13(21)17-10-6-4-3-5-7-10/h3-8,11H,1,9H2,(H,17,21)(H,19,20)(H3,15,16,18). The first-order valence-corrected chi connectivity index (χ1v) is 6.04. The van der Waals surface area contributed by atoms with Gasteiger partial charge < -0.3 is 21.5 Å². The Balaban J connectivity index is 2.79. The summed E-state index contributed by atoms with van der Waals surface area (Å²) in [6.45, 7) is 3.31. The summed E-state index contributed by atoms with van der Waals surface area (Å²) in [6.07, 6.45) is 0.766. The molecule has 21 heavy (non-hydrogen) atoms. The molecule has 0 saturated carbocycles. The number of nitrogens with two attached hydrogens (primary N) is 1. The lowest BCUT2D eigenvalue weighted by Gasteiger charge is -2.17. The van der Waals surface area contributed by atoms with Crippen molar-refractivity contribution in [2.75, 3.05) is 5.32 Å². The van der Waals surface area contributed by atoms with Crippen LogP contribution in [0.2, 0.25) is 0 Å². The van der Waals surface area contributed by atoms with Crippen molar-refractivity contribution >= 4 is 23.5 Å². The fourth-order valence-corrected chi connectivity index (χ4v) is 1.47. The number of nitrogens with one attached hydrogen (secondary N) is 2. The van der Waals surface area contributed by atoms with Crippen molar-refractivity contribution in [3.63, 3.8) is 0 Å². The van der Waals surface area contributed by atoms with Gasteiger partial charge in [-0.1, -0.05) is 24.8 Å². The number of hydrogen-bond acceptors (Lipinski definition) is 3. The Bertz CT molecular complexity index is 577. The molecule has 1 amide bonds. The van der Waals surface area contributed by atoms with Crippen molar-refractivity contribution in [3.05, 3.63) is 48.8 Å². The molecule has 110 valence electrons. The second kappa shape index (κ2) is 8.19. The van der Waals surface area contributed by atoms with Crippen LogP contribution in [0, 0.1) is 0 Å². The number of guanidine groups is 1. The second-order valence-electron chi connectivity index (χ2n) is 4.00. The van der Waals surface area contributed by atoms with Gasteiger partial charge in [0.25, 0.3) is 0 Å². The van der Waals surface area contributed by atoms with Crippen LogP contribution in [0.15, 0.2) is 53.8 Å². The first kappa shape index (κ1) is 16.0. The van der Waals surface area contributed by atoms with E-state index >= 15 is 0 Å². The van der Waals surface area contributed by atoms with Gasteiger partial charge in [0.15, 0.2) is 5.96 Å². The third-order valence-electron chi connectivity index (χ3n) is 2.35. The minimum atomic E-state index is -1.14. The lowest BCUT2D eigenvalue weighted by molar-refractivity contribution is -0.139. The van der Waals surface area contributed by atoms with E-state index in [1.165, 1.54) is 6.20 Å². The number of aliphatic imine (C=N–C) groups is 1. The molecule has 7 nitrogen and oxygen atoms in total. The first-order chi connectivity index (χ1) is 10.0. The maximum Gasteiger partial charge on any atom is 0.305 e. The maximum absolute atomic E-state index is 12.1. The molecule has 0 heterocycles. The van der Waals surface area contributed by atoms with Gasteiger partial charge in [0.1, 0.15) is 6.04 Å². The van der Waals surface area contributed by atoms with E-state index in [4.69, 9.17) is 10.8 Å². The highest BCUT2D eigenvalue weighted by Crippen LogP contribution is 2.06. The number of benzene rings is 1. The summed E-state index contributed by atoms with van der Waals surface area (Å²) in [5.41, 5.74) is 8.47. The van der Waals surface area contributed by atoms with Crippen molar-refractivity contribution in [1.82, 2.24) is 5.32 Å². The van der Waals surface area contributed by atoms with Crippen LogP contribution in [0.25, 0.3) is 0 Å². The summed E-state index contributed by atoms with van der Waals surface area (Å²) in [7, 11) is 0. The molecule has 1 aromatic carbocycles. The van der Waals surface area contributed by atoms with Gasteiger partial charge >= 0.3 is 5.97 Å². The van der Waals surface area contributed by atoms with Crippen molar-refractivity contribution in [2.45, 2.75) is 12.5 Å². The zero-order valence-electron chi connectivity index (χ0n) is 11.2. The Morgan fingerprint density at radius 1 is 1.43 bits per heavy atom. The summed E-state index contributed by atoms with van der Waals surface area (Å²) >= 11 is 0. The summed E-state index contributed by atoms with van der Waals surface area (Å²) in [4.78, 5) is 26.6. The average molecular weight is 288 g/mol. The zero-order valence-corrected chi connectivity index (χ0v) is 11.2. The number of carboxylic acid groups (broad SMARTS) is 1. The summed E-state index contributed by atoms with van der Waals surface area (Å²) in [6, 6.07) is 7.63. The van der Waals surface area contributed by atoms with Crippen molar-refractivity contribution in [3.8, 4) is 0 Å². The molecule has 0 fully saturated rings. The van der Waals surface area contributed by atoms with E-state index in [1.54, 1.807) is 30.3 Å². The van der Waals surface area contributed by atoms with Gasteiger partial charge in [0.2, 0.25) is 5.91 Å². The molecule has 1 unspecified atom stereocenters. The van der Waals surface area contributed by atoms with E-state index in [-0.39, 0.29) is 5.96 Å². The Morgan fingerprint density at radius 2 is 2.10 bits per heavy atom. The predicted octanol–water partition coefficient (Wildman–Crippen LogP) is 0.671. The molecule has 0 saturated heterocycles. The van der Waals surface area contributed by atoms with Crippen LogP contribution in [0.1, 0.15) is 6.42 Å². The summed E-state index contributed by atoms with van der Waals surface area (Å²) < 4.78 is 0. The molecule has 0 spiro atoms. The Kier molecular flexibility index (Phi) is 6.24. The third kappa shape index (κ3) is 6.09. The first-order valence-electron chi connectivity index (χ1n) is 6.04. The maximum atomic E-state index is 12.1. The van der Waals surface area contributed by atoms with Gasteiger partial charge in [-0.3, -0.25) is 9.59 Å². The van der Waals surface area contributed by atoms with E-state index in [2.05, 4.69) is 27.9 Å². The second-order valence-corrected chi connectivity index (χ2v) is 4.00. The average Bonchev–Trinajstić information content (AvgIpc) is 2.45. The quantitative estimate of drug-likeness (QED) is 0.349. The van der Waals surface area contributed by atoms with Crippen LogP contribution in [-0.2, 0) is 9.59 Å². The van der Waals surface area contributed by atoms with Crippen LogP contribution in [0.4, 0.5) is 5.69 Å². The minimum absolute atomic E-state index is 0.0967. The molecule has 0 aliphatic carbocycles. The fraction of sp³-hybridized carbons (Fsp3) is 0.143. The zero-order chi connectivity index (χ0) is 15.7. The molecule has 1 atom stereocenters. The SMILES string of the molecule is C=C=CN=C(N)NC(CC(=O)O)C(=O)Nc1ccccc1. The van der Waals surface area contributed by atoms with Crippen molar-refractivity contribution < 1.29 is 14.7 Å². The smallest absolute Gasteiger partial charge is 0.305 e. The van der Waals surface area contributed by atoms with Crippen LogP contribution in [-0.4, -0.2) is 29.0 Å². The van der Waals surface area contributed by atoms with Crippen molar-refractivity contribution in [2.24, 2.45) is 10.7 Å². The van der Waals surface area contributed by atoms with Gasteiger partial charge in [-0.2, -0.15) is 0 Å². The van der Waals surface area contributed by atoms with Crippen LogP contribution >= 0.6 is 0 Å². The lowest BCUT2D eigenvalue weighted by atomic mass is 10.2. The molecule has 0 radical (unpaired) electrons. The lowest BCUT2D eigenvalue weighted by Crippen LogP contribution is -2.47. The minimum Gasteiger partial charge on any atom is -0.481 e. The molecular formula is C14H16N4O3. The Hall–Kier alpha value is -3.05. The van der Waals surface area contributed by atoms with Gasteiger partial charge in [-0.25, -0.2) is 4.99 Å². The number of hydrogen-bond donors (Lipinski definition) is 4. The molecule has 1 aromatic rings. The molecule has 0 aliphatic rings. The Morgan fingerprint density at radius 3 is 2.67 bits per heavy atom. The number of nitrogens with zero attached hydrogens (tertiary/aromatic N) is 1. The highest BCUT2D eigenvalue weighted by molar-refractivity contribution is 5.99. The van der Waals surface area contributed by atoms with E-state index < -0.39 is 24.3 Å². The summed E-state index contributed by atoms with van der Waals surface area (Å²) in [5.74, 6) is -1.76. The molecule has 7 heteroatoms. The molecular weight excluding hydrogens is 272 g/mol. The fourth-order valence-electron chi connectivity index (χ4n) is 1.47. The summed E-state index contributed by atoms with van der Waals surface area (Å²) in [5, 5.41) is 14.0. The topological polar surface area (TPSA) is 117 Å². The number of carbonyl (C=O) groups is 2. The number of aliphatic carboxylic acids is 1. The van der Waals surface area contributed by atoms with Gasteiger partial charge in [-0.05, 0) is 12.1 Å². The van der Waals surface area contributed by atoms with Crippen LogP contribution in [0.5, 0.6) is 0 Å². The number of carboxylic acids is 1. The number of rotatable bonds is 6. The molecule has 0 aromatic heterocycles. The van der Waals surface area contributed by atoms with Gasteiger partial charge in [-0.15, -0.1) is 5.73 Å². The largest absolute Gasteiger partial charge is 0.481 e. The normalized spacial score (nSPS) is 11.9. The van der Waals surface area contributed by atoms with E-state index in [0.717, 1.165) is 0 Å². The number of anilines is 1. The molecule has 1 rings (SSSR count). The third-order valence-corrected chi connectivity index (χ3v) is 2.35. The molecule has 0 bridgehead atoms. The van der Waals surface area contributed by atoms with E-state index in [0.29, 0.717) is 5.69 Å². The monoisotopic (exact) mass is 288 g/mol. The van der Waals surface area contributed by atoms with Crippen molar-refractivity contribution in [1.29, 1.82) is 0 Å². The van der Waals surface area contributed by atoms with Gasteiger partial charge in [0.05, 0.1) is 12.6 Å². The number of para-hydroxylation sites is 1. The number of amides is 1. The Labute approximate surface area is 121 Å². The predicted molar refractivity (Wildman–Crippen MR) is 79.6 cm³/mol. The van der Waals surface area contributed by atoms with E-state index in [9.17, 15) is 9.59 Å². The van der Waals surface area contributed by atoms with E-state index in [1.807, 2.05) is 0 Å². The number of carbonyl (C=O) groups excluding carboxylic acids is 1. The van der Waals surface area contributed by atoms with Crippen LogP contribution in [0.3, 0.4) is 0 Å². The van der Waals surface area contributed by atoms with Crippen LogP contribution < -0.4 is 16.4 Å². The van der Waals surface area contributed by atoms with Gasteiger partial charge in [0, 0.05) is 5.69 Å². The molecule has 0 aliphatic heterocycles. The molecule has 5 N–H and O–H groups in total. The highest BCUT2D eigenvalue weighted by Gasteiger charge is 2.22.